The van der Waals surface area contributed by atoms with Gasteiger partial charge in [0.25, 0.3) is 10.0 Å². The van der Waals surface area contributed by atoms with E-state index in [0.29, 0.717) is 11.4 Å². The van der Waals surface area contributed by atoms with Crippen LogP contribution in [0.4, 0.5) is 11.4 Å². The molecule has 0 heterocycles. The van der Waals surface area contributed by atoms with E-state index in [0.717, 1.165) is 20.6 Å². The van der Waals surface area contributed by atoms with Gasteiger partial charge in [-0.25, -0.2) is 8.42 Å². The zero-order valence-corrected chi connectivity index (χ0v) is 20.2. The maximum atomic E-state index is 13.6. The van der Waals surface area contributed by atoms with Crippen molar-refractivity contribution in [1.82, 2.24) is 0 Å². The molecular formula is C26H23ClN2O4S. The van der Waals surface area contributed by atoms with Crippen LogP contribution in [0, 0.1) is 6.92 Å². The normalized spacial score (nSPS) is 11.3. The van der Waals surface area contributed by atoms with E-state index in [1.165, 1.54) is 25.3 Å². The average Bonchev–Trinajstić information content (AvgIpc) is 2.83. The smallest absolute Gasteiger partial charge is 0.264 e. The Morgan fingerprint density at radius 3 is 2.38 bits per heavy atom. The zero-order chi connectivity index (χ0) is 24.3. The second-order valence-corrected chi connectivity index (χ2v) is 9.99. The summed E-state index contributed by atoms with van der Waals surface area (Å²) in [6, 6.07) is 24.2. The number of methoxy groups -OCH3 is 1. The molecule has 4 aromatic rings. The van der Waals surface area contributed by atoms with Crippen LogP contribution in [-0.4, -0.2) is 28.0 Å². The first-order valence-corrected chi connectivity index (χ1v) is 12.3. The van der Waals surface area contributed by atoms with E-state index in [4.69, 9.17) is 16.3 Å². The molecule has 0 unspecified atom stereocenters. The Morgan fingerprint density at radius 1 is 0.971 bits per heavy atom. The number of aryl methyl sites for hydroxylation is 1. The number of benzene rings is 4. The minimum Gasteiger partial charge on any atom is -0.495 e. The summed E-state index contributed by atoms with van der Waals surface area (Å²) in [6.07, 6.45) is 0. The highest BCUT2D eigenvalue weighted by molar-refractivity contribution is 7.92. The minimum absolute atomic E-state index is 0.0722. The number of hydrogen-bond donors (Lipinski definition) is 1. The van der Waals surface area contributed by atoms with Crippen LogP contribution in [0.15, 0.2) is 89.8 Å². The Hall–Kier alpha value is -3.55. The summed E-state index contributed by atoms with van der Waals surface area (Å²) in [5.74, 6) is -0.0858. The summed E-state index contributed by atoms with van der Waals surface area (Å²) in [4.78, 5) is 13.2. The van der Waals surface area contributed by atoms with Crippen molar-refractivity contribution in [2.45, 2.75) is 11.8 Å². The highest BCUT2D eigenvalue weighted by Gasteiger charge is 2.28. The van der Waals surface area contributed by atoms with E-state index < -0.39 is 22.5 Å². The van der Waals surface area contributed by atoms with Crippen molar-refractivity contribution < 1.29 is 17.9 Å². The van der Waals surface area contributed by atoms with Crippen molar-refractivity contribution in [2.24, 2.45) is 0 Å². The number of hydrogen-bond acceptors (Lipinski definition) is 4. The third kappa shape index (κ3) is 4.85. The number of nitrogens with zero attached hydrogens (tertiary/aromatic N) is 1. The van der Waals surface area contributed by atoms with E-state index in [9.17, 15) is 13.2 Å². The Kier molecular flexibility index (Phi) is 6.77. The number of amides is 1. The average molecular weight is 495 g/mol. The lowest BCUT2D eigenvalue weighted by Crippen LogP contribution is -2.38. The molecule has 1 amide bonds. The van der Waals surface area contributed by atoms with Crippen LogP contribution in [-0.2, 0) is 14.8 Å². The maximum Gasteiger partial charge on any atom is 0.264 e. The van der Waals surface area contributed by atoms with Gasteiger partial charge in [-0.3, -0.25) is 9.10 Å². The molecule has 0 radical (unpaired) electrons. The lowest BCUT2D eigenvalue weighted by molar-refractivity contribution is -0.114. The molecule has 34 heavy (non-hydrogen) atoms. The van der Waals surface area contributed by atoms with Gasteiger partial charge in [-0.2, -0.15) is 0 Å². The molecule has 1 N–H and O–H groups in total. The monoisotopic (exact) mass is 494 g/mol. The molecule has 0 aliphatic carbocycles. The Morgan fingerprint density at radius 2 is 1.68 bits per heavy atom. The second kappa shape index (κ2) is 9.75. The summed E-state index contributed by atoms with van der Waals surface area (Å²) >= 11 is 6.28. The predicted octanol–water partition coefficient (Wildman–Crippen LogP) is 5.64. The fraction of sp³-hybridized carbons (Fsp3) is 0.115. The summed E-state index contributed by atoms with van der Waals surface area (Å²) in [7, 11) is -2.59. The van der Waals surface area contributed by atoms with Crippen molar-refractivity contribution in [2.75, 3.05) is 23.3 Å². The Labute approximate surface area is 203 Å². The molecule has 0 saturated carbocycles. The fourth-order valence-corrected chi connectivity index (χ4v) is 5.28. The predicted molar refractivity (Wildman–Crippen MR) is 136 cm³/mol. The first-order valence-electron chi connectivity index (χ1n) is 10.5. The number of halogens is 1. The minimum atomic E-state index is -4.06. The molecule has 0 aromatic heterocycles. The van der Waals surface area contributed by atoms with Crippen molar-refractivity contribution in [1.29, 1.82) is 0 Å². The molecule has 0 bridgehead atoms. The van der Waals surface area contributed by atoms with Crippen LogP contribution in [0.1, 0.15) is 5.56 Å². The van der Waals surface area contributed by atoms with E-state index in [2.05, 4.69) is 5.32 Å². The van der Waals surface area contributed by atoms with Gasteiger partial charge in [0, 0.05) is 11.1 Å². The molecule has 0 spiro atoms. The van der Waals surface area contributed by atoms with Crippen molar-refractivity contribution in [3.05, 3.63) is 95.5 Å². The molecule has 8 heteroatoms. The van der Waals surface area contributed by atoms with E-state index in [1.54, 1.807) is 30.3 Å². The van der Waals surface area contributed by atoms with Gasteiger partial charge in [0.1, 0.15) is 12.3 Å². The molecule has 0 atom stereocenters. The standard InChI is InChI=1S/C26H23ClN2O4S/c1-18-10-13-21(14-11-18)34(31,32)29(20-12-15-25(33-2)23(27)16-20)17-26(30)28-24-9-5-7-19-6-3-4-8-22(19)24/h3-16H,17H2,1-2H3,(H,28,30). The maximum absolute atomic E-state index is 13.6. The summed E-state index contributed by atoms with van der Waals surface area (Å²) < 4.78 is 33.4. The van der Waals surface area contributed by atoms with Crippen LogP contribution >= 0.6 is 11.6 Å². The van der Waals surface area contributed by atoms with Gasteiger partial charge >= 0.3 is 0 Å². The first-order chi connectivity index (χ1) is 16.3. The number of anilines is 2. The summed E-state index contributed by atoms with van der Waals surface area (Å²) in [5.41, 5.74) is 1.77. The Bertz CT molecular complexity index is 1450. The van der Waals surface area contributed by atoms with Gasteiger partial charge in [0.05, 0.1) is 22.7 Å². The van der Waals surface area contributed by atoms with Crippen molar-refractivity contribution in [3.8, 4) is 5.75 Å². The third-order valence-corrected chi connectivity index (χ3v) is 7.47. The van der Waals surface area contributed by atoms with Crippen molar-refractivity contribution in [3.63, 3.8) is 0 Å². The van der Waals surface area contributed by atoms with Gasteiger partial charge in [0.15, 0.2) is 0 Å². The van der Waals surface area contributed by atoms with Gasteiger partial charge < -0.3 is 10.1 Å². The van der Waals surface area contributed by atoms with Gasteiger partial charge in [-0.15, -0.1) is 0 Å². The zero-order valence-electron chi connectivity index (χ0n) is 18.7. The molecule has 0 saturated heterocycles. The molecule has 0 fully saturated rings. The lowest BCUT2D eigenvalue weighted by atomic mass is 10.1. The topological polar surface area (TPSA) is 75.7 Å². The van der Waals surface area contributed by atoms with Gasteiger partial charge in [0.2, 0.25) is 5.91 Å². The van der Waals surface area contributed by atoms with E-state index in [1.807, 2.05) is 43.3 Å². The van der Waals surface area contributed by atoms with Crippen LogP contribution < -0.4 is 14.4 Å². The molecule has 174 valence electrons. The molecule has 0 aliphatic rings. The fourth-order valence-electron chi connectivity index (χ4n) is 3.62. The SMILES string of the molecule is COc1ccc(N(CC(=O)Nc2cccc3ccccc23)S(=O)(=O)c2ccc(C)cc2)cc1Cl. The first kappa shape index (κ1) is 23.6. The van der Waals surface area contributed by atoms with Crippen LogP contribution in [0.2, 0.25) is 5.02 Å². The highest BCUT2D eigenvalue weighted by atomic mass is 35.5. The number of fused-ring (bicyclic) bond motifs is 1. The summed E-state index contributed by atoms with van der Waals surface area (Å²) in [6.45, 7) is 1.43. The summed E-state index contributed by atoms with van der Waals surface area (Å²) in [5, 5.41) is 4.91. The molecule has 4 rings (SSSR count). The van der Waals surface area contributed by atoms with Crippen LogP contribution in [0.5, 0.6) is 5.75 Å². The number of sulfonamides is 1. The largest absolute Gasteiger partial charge is 0.495 e. The molecule has 0 aliphatic heterocycles. The van der Waals surface area contributed by atoms with Crippen LogP contribution in [0.3, 0.4) is 0 Å². The molecule has 6 nitrogen and oxygen atoms in total. The highest BCUT2D eigenvalue weighted by Crippen LogP contribution is 2.32. The van der Waals surface area contributed by atoms with Crippen molar-refractivity contribution >= 4 is 49.7 Å². The van der Waals surface area contributed by atoms with Crippen LogP contribution in [0.25, 0.3) is 10.8 Å². The number of carbonyl (C=O) groups excluding carboxylic acids is 1. The van der Waals surface area contributed by atoms with E-state index in [-0.39, 0.29) is 15.6 Å². The van der Waals surface area contributed by atoms with E-state index >= 15 is 0 Å². The third-order valence-electron chi connectivity index (χ3n) is 5.38. The Balaban J connectivity index is 1.71. The number of carbonyl (C=O) groups is 1. The van der Waals surface area contributed by atoms with Gasteiger partial charge in [-0.05, 0) is 48.7 Å². The molecule has 4 aromatic carbocycles. The lowest BCUT2D eigenvalue weighted by Gasteiger charge is -2.25. The number of nitrogens with one attached hydrogen (secondary N) is 1. The number of rotatable bonds is 7. The molecular weight excluding hydrogens is 472 g/mol. The number of ether oxygens (including phenoxy) is 1. The van der Waals surface area contributed by atoms with Gasteiger partial charge in [-0.1, -0.05) is 65.7 Å². The second-order valence-electron chi connectivity index (χ2n) is 7.72. The quantitative estimate of drug-likeness (QED) is 0.360.